The van der Waals surface area contributed by atoms with Gasteiger partial charge in [-0.15, -0.1) is 0 Å². The SMILES string of the molecule is CCCCc1ccc(NC(=S)NC(=O)OC)c(/N=C/c2ccccc2)c1. The quantitative estimate of drug-likeness (QED) is 0.565. The van der Waals surface area contributed by atoms with Crippen LogP contribution in [0.3, 0.4) is 0 Å². The van der Waals surface area contributed by atoms with Crippen molar-refractivity contribution in [2.75, 3.05) is 12.4 Å². The van der Waals surface area contributed by atoms with E-state index in [1.165, 1.54) is 12.7 Å². The van der Waals surface area contributed by atoms with E-state index in [0.717, 1.165) is 36.2 Å². The number of thiocarbonyl (C=S) groups is 1. The molecule has 26 heavy (non-hydrogen) atoms. The summed E-state index contributed by atoms with van der Waals surface area (Å²) in [6.45, 7) is 2.17. The third kappa shape index (κ3) is 6.29. The van der Waals surface area contributed by atoms with Gasteiger partial charge in [0.25, 0.3) is 0 Å². The summed E-state index contributed by atoms with van der Waals surface area (Å²) < 4.78 is 4.55. The zero-order valence-electron chi connectivity index (χ0n) is 15.0. The lowest BCUT2D eigenvalue weighted by atomic mass is 10.1. The minimum atomic E-state index is -0.614. The number of ether oxygens (including phenoxy) is 1. The fourth-order valence-electron chi connectivity index (χ4n) is 2.31. The number of amides is 1. The first-order valence-corrected chi connectivity index (χ1v) is 8.91. The van der Waals surface area contributed by atoms with Gasteiger partial charge in [0.15, 0.2) is 5.11 Å². The van der Waals surface area contributed by atoms with Crippen LogP contribution in [0.25, 0.3) is 0 Å². The number of benzene rings is 2. The van der Waals surface area contributed by atoms with Crippen LogP contribution in [0.4, 0.5) is 16.2 Å². The van der Waals surface area contributed by atoms with E-state index in [-0.39, 0.29) is 5.11 Å². The first-order valence-electron chi connectivity index (χ1n) is 8.50. The molecule has 0 aliphatic rings. The molecule has 0 atom stereocenters. The fourth-order valence-corrected chi connectivity index (χ4v) is 2.50. The molecule has 2 N–H and O–H groups in total. The number of unbranched alkanes of at least 4 members (excludes halogenated alkanes) is 1. The van der Waals surface area contributed by atoms with Crippen LogP contribution in [0.1, 0.15) is 30.9 Å². The highest BCUT2D eigenvalue weighted by Gasteiger charge is 2.08. The number of hydrogen-bond donors (Lipinski definition) is 2. The Labute approximate surface area is 159 Å². The molecule has 0 bridgehead atoms. The molecule has 0 fully saturated rings. The van der Waals surface area contributed by atoms with Crippen LogP contribution in [-0.4, -0.2) is 24.5 Å². The van der Waals surface area contributed by atoms with E-state index in [2.05, 4.69) is 27.3 Å². The number of nitrogens with zero attached hydrogens (tertiary/aromatic N) is 1. The lowest BCUT2D eigenvalue weighted by molar-refractivity contribution is 0.177. The molecule has 2 aromatic carbocycles. The standard InChI is InChI=1S/C20H23N3O2S/c1-3-4-8-15-11-12-17(22-19(26)23-20(24)25-2)18(13-15)21-14-16-9-6-5-7-10-16/h5-7,9-14H,3-4,8H2,1-2H3,(H2,22,23,24,26)/b21-14+. The Morgan fingerprint density at radius 1 is 1.23 bits per heavy atom. The third-order valence-electron chi connectivity index (χ3n) is 3.68. The average molecular weight is 369 g/mol. The van der Waals surface area contributed by atoms with Crippen molar-refractivity contribution < 1.29 is 9.53 Å². The first-order chi connectivity index (χ1) is 12.6. The number of alkyl carbamates (subject to hydrolysis) is 1. The Bertz CT molecular complexity index is 776. The number of nitrogens with one attached hydrogen (secondary N) is 2. The highest BCUT2D eigenvalue weighted by Crippen LogP contribution is 2.27. The number of carbonyl (C=O) groups is 1. The van der Waals surface area contributed by atoms with Crippen molar-refractivity contribution in [3.05, 3.63) is 59.7 Å². The van der Waals surface area contributed by atoms with Gasteiger partial charge in [-0.1, -0.05) is 49.7 Å². The first kappa shape index (κ1) is 19.6. The smallest absolute Gasteiger partial charge is 0.413 e. The van der Waals surface area contributed by atoms with Crippen molar-refractivity contribution in [2.45, 2.75) is 26.2 Å². The van der Waals surface area contributed by atoms with Crippen molar-refractivity contribution in [1.82, 2.24) is 5.32 Å². The molecule has 0 aliphatic heterocycles. The van der Waals surface area contributed by atoms with E-state index in [4.69, 9.17) is 12.2 Å². The Balaban J connectivity index is 2.23. The van der Waals surface area contributed by atoms with Gasteiger partial charge in [0, 0.05) is 6.21 Å². The predicted molar refractivity (Wildman–Crippen MR) is 111 cm³/mol. The Morgan fingerprint density at radius 2 is 2.00 bits per heavy atom. The number of hydrogen-bond acceptors (Lipinski definition) is 4. The lowest BCUT2D eigenvalue weighted by Crippen LogP contribution is -2.33. The molecule has 0 aromatic heterocycles. The van der Waals surface area contributed by atoms with E-state index in [9.17, 15) is 4.79 Å². The summed E-state index contributed by atoms with van der Waals surface area (Å²) in [6, 6.07) is 15.9. The van der Waals surface area contributed by atoms with E-state index in [0.29, 0.717) is 0 Å². The summed E-state index contributed by atoms with van der Waals surface area (Å²) in [5.74, 6) is 0. The Kier molecular flexibility index (Phi) is 7.76. The number of aliphatic imine (C=N–C) groups is 1. The second-order valence-electron chi connectivity index (χ2n) is 5.69. The van der Waals surface area contributed by atoms with Crippen LogP contribution in [0.2, 0.25) is 0 Å². The van der Waals surface area contributed by atoms with Gasteiger partial charge in [-0.2, -0.15) is 0 Å². The molecule has 0 saturated heterocycles. The van der Waals surface area contributed by atoms with Crippen LogP contribution in [0, 0.1) is 0 Å². The van der Waals surface area contributed by atoms with E-state index in [1.807, 2.05) is 48.5 Å². The van der Waals surface area contributed by atoms with Gasteiger partial charge < -0.3 is 10.1 Å². The van der Waals surface area contributed by atoms with E-state index < -0.39 is 6.09 Å². The molecule has 0 unspecified atom stereocenters. The molecule has 6 heteroatoms. The highest BCUT2D eigenvalue weighted by atomic mass is 32.1. The maximum absolute atomic E-state index is 11.3. The number of carbonyl (C=O) groups excluding carboxylic acids is 1. The summed E-state index contributed by atoms with van der Waals surface area (Å²) >= 11 is 5.14. The number of aryl methyl sites for hydroxylation is 1. The molecule has 0 spiro atoms. The summed E-state index contributed by atoms with van der Waals surface area (Å²) in [6.07, 6.45) is 4.44. The second kappa shape index (κ2) is 10.3. The molecule has 5 nitrogen and oxygen atoms in total. The maximum atomic E-state index is 11.3. The largest absolute Gasteiger partial charge is 0.453 e. The number of rotatable bonds is 6. The molecule has 0 aliphatic carbocycles. The molecule has 0 saturated carbocycles. The Morgan fingerprint density at radius 3 is 2.69 bits per heavy atom. The molecular weight excluding hydrogens is 346 g/mol. The van der Waals surface area contributed by atoms with Gasteiger partial charge in [0.05, 0.1) is 18.5 Å². The summed E-state index contributed by atoms with van der Waals surface area (Å²) in [7, 11) is 1.29. The topological polar surface area (TPSA) is 62.7 Å². The zero-order chi connectivity index (χ0) is 18.8. The monoisotopic (exact) mass is 369 g/mol. The van der Waals surface area contributed by atoms with Crippen molar-refractivity contribution in [1.29, 1.82) is 0 Å². The minimum absolute atomic E-state index is 0.161. The van der Waals surface area contributed by atoms with Crippen molar-refractivity contribution in [3.8, 4) is 0 Å². The van der Waals surface area contributed by atoms with E-state index in [1.54, 1.807) is 6.21 Å². The number of methoxy groups -OCH3 is 1. The predicted octanol–water partition coefficient (Wildman–Crippen LogP) is 4.83. The van der Waals surface area contributed by atoms with Crippen molar-refractivity contribution in [3.63, 3.8) is 0 Å². The molecule has 0 radical (unpaired) electrons. The van der Waals surface area contributed by atoms with Gasteiger partial charge in [-0.05, 0) is 48.3 Å². The van der Waals surface area contributed by atoms with E-state index >= 15 is 0 Å². The van der Waals surface area contributed by atoms with Gasteiger partial charge in [0.1, 0.15) is 0 Å². The van der Waals surface area contributed by atoms with Gasteiger partial charge in [-0.25, -0.2) is 4.79 Å². The third-order valence-corrected chi connectivity index (χ3v) is 3.89. The van der Waals surface area contributed by atoms with Crippen LogP contribution in [0.5, 0.6) is 0 Å². The summed E-state index contributed by atoms with van der Waals surface area (Å²) in [5, 5.41) is 5.60. The second-order valence-corrected chi connectivity index (χ2v) is 6.10. The average Bonchev–Trinajstić information content (AvgIpc) is 2.66. The molecule has 2 rings (SSSR count). The lowest BCUT2D eigenvalue weighted by Gasteiger charge is -2.12. The van der Waals surface area contributed by atoms with Gasteiger partial charge >= 0.3 is 6.09 Å². The maximum Gasteiger partial charge on any atom is 0.413 e. The molecule has 0 heterocycles. The highest BCUT2D eigenvalue weighted by molar-refractivity contribution is 7.80. The van der Waals surface area contributed by atoms with Gasteiger partial charge in [0.2, 0.25) is 0 Å². The fraction of sp³-hybridized carbons (Fsp3) is 0.250. The minimum Gasteiger partial charge on any atom is -0.453 e. The van der Waals surface area contributed by atoms with Crippen LogP contribution in [-0.2, 0) is 11.2 Å². The summed E-state index contributed by atoms with van der Waals surface area (Å²) in [5.41, 5.74) is 3.70. The molecule has 1 amide bonds. The van der Waals surface area contributed by atoms with Crippen molar-refractivity contribution >= 4 is 41.0 Å². The molecular formula is C20H23N3O2S. The molecule has 2 aromatic rings. The van der Waals surface area contributed by atoms with Gasteiger partial charge in [-0.3, -0.25) is 10.3 Å². The van der Waals surface area contributed by atoms with Crippen molar-refractivity contribution in [2.24, 2.45) is 4.99 Å². The zero-order valence-corrected chi connectivity index (χ0v) is 15.8. The Hall–Kier alpha value is -2.73. The number of anilines is 1. The normalized spacial score (nSPS) is 10.5. The van der Waals surface area contributed by atoms with Crippen LogP contribution < -0.4 is 10.6 Å². The van der Waals surface area contributed by atoms with Crippen LogP contribution >= 0.6 is 12.2 Å². The van der Waals surface area contributed by atoms with Crippen LogP contribution in [0.15, 0.2) is 53.5 Å². The summed E-state index contributed by atoms with van der Waals surface area (Å²) in [4.78, 5) is 15.9. The molecule has 136 valence electrons.